The van der Waals surface area contributed by atoms with E-state index < -0.39 is 32.3 Å². The Morgan fingerprint density at radius 2 is 1.73 bits per heavy atom. The molecule has 1 N–H and O–H groups in total. The second-order valence-corrected chi connectivity index (χ2v) is 10.3. The summed E-state index contributed by atoms with van der Waals surface area (Å²) in [6, 6.07) is 9.08. The zero-order valence-corrected chi connectivity index (χ0v) is 20.0. The number of halogens is 3. The normalized spacial score (nSPS) is 13.3. The van der Waals surface area contributed by atoms with Crippen molar-refractivity contribution in [1.82, 2.24) is 10.2 Å². The molecule has 2 aromatic carbocycles. The molecule has 0 aliphatic carbocycles. The average Bonchev–Trinajstić information content (AvgIpc) is 2.70. The van der Waals surface area contributed by atoms with Gasteiger partial charge in [0.25, 0.3) is 0 Å². The van der Waals surface area contributed by atoms with Gasteiger partial charge in [-0.3, -0.25) is 0 Å². The number of benzene rings is 2. The summed E-state index contributed by atoms with van der Waals surface area (Å²) in [7, 11) is -4.55. The molecule has 0 spiro atoms. The van der Waals surface area contributed by atoms with Crippen LogP contribution >= 0.6 is 0 Å². The molecule has 0 saturated carbocycles. The smallest absolute Gasteiger partial charge is 0.379 e. The Kier molecular flexibility index (Phi) is 8.05. The monoisotopic (exact) mass is 486 g/mol. The SMILES string of the molecule is CCC(C)N(Cc1ccccc1OS(=O)(=O)c1cccc(C(F)(F)F)c1)C(=O)NC(C)(C)C. The highest BCUT2D eigenvalue weighted by atomic mass is 32.2. The first-order chi connectivity index (χ1) is 15.1. The number of amides is 2. The molecule has 2 rings (SSSR count). The minimum Gasteiger partial charge on any atom is -0.379 e. The third kappa shape index (κ3) is 7.38. The maximum atomic E-state index is 13.0. The van der Waals surface area contributed by atoms with E-state index >= 15 is 0 Å². The van der Waals surface area contributed by atoms with Gasteiger partial charge in [0.15, 0.2) is 0 Å². The van der Waals surface area contributed by atoms with E-state index in [4.69, 9.17) is 4.18 Å². The van der Waals surface area contributed by atoms with Gasteiger partial charge >= 0.3 is 22.3 Å². The number of nitrogens with zero attached hydrogens (tertiary/aromatic N) is 1. The van der Waals surface area contributed by atoms with Gasteiger partial charge in [-0.25, -0.2) is 4.79 Å². The average molecular weight is 487 g/mol. The third-order valence-electron chi connectivity index (χ3n) is 4.83. The van der Waals surface area contributed by atoms with Crippen molar-refractivity contribution in [1.29, 1.82) is 0 Å². The van der Waals surface area contributed by atoms with Crippen LogP contribution in [0.4, 0.5) is 18.0 Å². The van der Waals surface area contributed by atoms with Crippen LogP contribution in [0.5, 0.6) is 5.75 Å². The lowest BCUT2D eigenvalue weighted by Gasteiger charge is -2.32. The highest BCUT2D eigenvalue weighted by Gasteiger charge is 2.32. The van der Waals surface area contributed by atoms with E-state index in [0.29, 0.717) is 18.1 Å². The fraction of sp³-hybridized carbons (Fsp3) is 0.435. The molecule has 2 amide bonds. The van der Waals surface area contributed by atoms with E-state index in [1.807, 2.05) is 34.6 Å². The van der Waals surface area contributed by atoms with Crippen LogP contribution < -0.4 is 9.50 Å². The number of hydrogen-bond donors (Lipinski definition) is 1. The van der Waals surface area contributed by atoms with E-state index in [2.05, 4.69) is 5.32 Å². The zero-order valence-electron chi connectivity index (χ0n) is 19.2. The quantitative estimate of drug-likeness (QED) is 0.519. The molecular formula is C23H29F3N2O4S. The Morgan fingerprint density at radius 1 is 1.09 bits per heavy atom. The number of alkyl halides is 3. The molecule has 0 aromatic heterocycles. The van der Waals surface area contributed by atoms with Crippen LogP contribution in [0.25, 0.3) is 0 Å². The van der Waals surface area contributed by atoms with Crippen LogP contribution in [-0.4, -0.2) is 30.9 Å². The Labute approximate surface area is 192 Å². The fourth-order valence-corrected chi connectivity index (χ4v) is 3.95. The maximum Gasteiger partial charge on any atom is 0.416 e. The van der Waals surface area contributed by atoms with E-state index in [9.17, 15) is 26.4 Å². The van der Waals surface area contributed by atoms with Gasteiger partial charge in [-0.05, 0) is 58.4 Å². The number of hydrogen-bond acceptors (Lipinski definition) is 4. The fourth-order valence-electron chi connectivity index (χ4n) is 2.93. The van der Waals surface area contributed by atoms with Crippen molar-refractivity contribution in [3.8, 4) is 5.75 Å². The zero-order chi connectivity index (χ0) is 25.0. The molecule has 33 heavy (non-hydrogen) atoms. The van der Waals surface area contributed by atoms with Gasteiger partial charge in [0, 0.05) is 17.1 Å². The molecule has 0 fully saturated rings. The summed E-state index contributed by atoms with van der Waals surface area (Å²) in [5.74, 6) is -0.0632. The number of carbonyl (C=O) groups excluding carboxylic acids is 1. The summed E-state index contributed by atoms with van der Waals surface area (Å²) in [6.07, 6.45) is -4.04. The summed E-state index contributed by atoms with van der Waals surface area (Å²) >= 11 is 0. The minimum atomic E-state index is -4.69. The molecule has 1 atom stereocenters. The van der Waals surface area contributed by atoms with Crippen molar-refractivity contribution in [2.24, 2.45) is 0 Å². The molecule has 1 unspecified atom stereocenters. The van der Waals surface area contributed by atoms with E-state index in [1.54, 1.807) is 23.1 Å². The van der Waals surface area contributed by atoms with Gasteiger partial charge in [-0.1, -0.05) is 31.2 Å². The standard InChI is InChI=1S/C23H29F3N2O4S/c1-6-16(2)28(21(29)27-22(3,4)5)15-17-10-7-8-13-20(17)32-33(30,31)19-12-9-11-18(14-19)23(24,25)26/h7-14,16H,6,15H2,1-5H3,(H,27,29). The molecule has 0 aliphatic heterocycles. The number of nitrogens with one attached hydrogen (secondary N) is 1. The lowest BCUT2D eigenvalue weighted by Crippen LogP contribution is -2.50. The number of urea groups is 1. The highest BCUT2D eigenvalue weighted by Crippen LogP contribution is 2.32. The Hall–Kier alpha value is -2.75. The molecule has 182 valence electrons. The van der Waals surface area contributed by atoms with Gasteiger partial charge in [0.2, 0.25) is 0 Å². The van der Waals surface area contributed by atoms with Crippen LogP contribution in [0.2, 0.25) is 0 Å². The van der Waals surface area contributed by atoms with Gasteiger partial charge in [-0.2, -0.15) is 21.6 Å². The van der Waals surface area contributed by atoms with Gasteiger partial charge in [-0.15, -0.1) is 0 Å². The molecule has 0 radical (unpaired) electrons. The van der Waals surface area contributed by atoms with E-state index in [-0.39, 0.29) is 24.4 Å². The van der Waals surface area contributed by atoms with Crippen LogP contribution in [0.15, 0.2) is 53.4 Å². The molecular weight excluding hydrogens is 457 g/mol. The first-order valence-corrected chi connectivity index (χ1v) is 11.8. The van der Waals surface area contributed by atoms with Crippen molar-refractivity contribution in [2.75, 3.05) is 0 Å². The van der Waals surface area contributed by atoms with Gasteiger partial charge in [0.1, 0.15) is 10.6 Å². The summed E-state index contributed by atoms with van der Waals surface area (Å²) in [5.41, 5.74) is -1.18. The van der Waals surface area contributed by atoms with Gasteiger partial charge < -0.3 is 14.4 Å². The van der Waals surface area contributed by atoms with Crippen molar-refractivity contribution >= 4 is 16.1 Å². The first-order valence-electron chi connectivity index (χ1n) is 10.4. The number of carbonyl (C=O) groups is 1. The molecule has 0 aliphatic rings. The molecule has 0 heterocycles. The number of para-hydroxylation sites is 1. The summed E-state index contributed by atoms with van der Waals surface area (Å²) in [5, 5.41) is 2.89. The third-order valence-corrected chi connectivity index (χ3v) is 6.06. The van der Waals surface area contributed by atoms with Crippen molar-refractivity contribution in [2.45, 2.75) is 70.2 Å². The summed E-state index contributed by atoms with van der Waals surface area (Å²) in [4.78, 5) is 13.8. The van der Waals surface area contributed by atoms with E-state index in [1.165, 1.54) is 6.07 Å². The van der Waals surface area contributed by atoms with Crippen molar-refractivity contribution in [3.05, 3.63) is 59.7 Å². The van der Waals surface area contributed by atoms with E-state index in [0.717, 1.165) is 18.2 Å². The molecule has 0 saturated heterocycles. The predicted molar refractivity (Wildman–Crippen MR) is 119 cm³/mol. The highest BCUT2D eigenvalue weighted by molar-refractivity contribution is 7.87. The predicted octanol–water partition coefficient (Wildman–Crippen LogP) is 5.58. The minimum absolute atomic E-state index is 0.0468. The topological polar surface area (TPSA) is 75.7 Å². The van der Waals surface area contributed by atoms with Crippen molar-refractivity contribution in [3.63, 3.8) is 0 Å². The van der Waals surface area contributed by atoms with Crippen molar-refractivity contribution < 1.29 is 30.6 Å². The Bertz CT molecular complexity index is 1080. The Balaban J connectivity index is 2.37. The van der Waals surface area contributed by atoms with Crippen LogP contribution in [0.1, 0.15) is 52.2 Å². The first kappa shape index (κ1) is 26.5. The summed E-state index contributed by atoms with van der Waals surface area (Å²) in [6.45, 7) is 9.37. The lowest BCUT2D eigenvalue weighted by molar-refractivity contribution is -0.137. The largest absolute Gasteiger partial charge is 0.416 e. The maximum absolute atomic E-state index is 13.0. The van der Waals surface area contributed by atoms with Crippen LogP contribution in [0.3, 0.4) is 0 Å². The lowest BCUT2D eigenvalue weighted by atomic mass is 10.1. The second kappa shape index (κ2) is 10.0. The molecule has 6 nitrogen and oxygen atoms in total. The molecule has 2 aromatic rings. The number of rotatable bonds is 7. The molecule has 0 bridgehead atoms. The molecule has 10 heteroatoms. The summed E-state index contributed by atoms with van der Waals surface area (Å²) < 4.78 is 69.8. The van der Waals surface area contributed by atoms with Crippen LogP contribution in [-0.2, 0) is 22.8 Å². The second-order valence-electron chi connectivity index (χ2n) is 8.74. The van der Waals surface area contributed by atoms with Crippen LogP contribution in [0, 0.1) is 0 Å². The Morgan fingerprint density at radius 3 is 2.30 bits per heavy atom. The van der Waals surface area contributed by atoms with Gasteiger partial charge in [0.05, 0.1) is 12.1 Å².